The predicted octanol–water partition coefficient (Wildman–Crippen LogP) is -3.84. The van der Waals surface area contributed by atoms with E-state index in [1.165, 1.54) is 12.3 Å². The van der Waals surface area contributed by atoms with Gasteiger partial charge in [-0.15, -0.1) is 0 Å². The normalized spacial score (nSPS) is 37.2. The molecule has 0 amide bonds. The van der Waals surface area contributed by atoms with E-state index >= 15 is 0 Å². The number of hydrogen-bond donors (Lipinski definition) is 6. The summed E-state index contributed by atoms with van der Waals surface area (Å²) >= 11 is 0. The molecule has 2 rings (SSSR count). The Morgan fingerprint density at radius 2 is 1.81 bits per heavy atom. The maximum atomic E-state index is 11.8. The molecule has 1 aromatic heterocycles. The van der Waals surface area contributed by atoms with Gasteiger partial charge >= 0.3 is 5.69 Å². The highest BCUT2D eigenvalue weighted by Crippen LogP contribution is 2.26. The first-order valence-electron chi connectivity index (χ1n) is 6.20. The molecule has 6 atom stereocenters. The van der Waals surface area contributed by atoms with E-state index in [0.717, 1.165) is 4.57 Å². The zero-order valence-corrected chi connectivity index (χ0v) is 10.9. The second-order valence-corrected chi connectivity index (χ2v) is 4.75. The van der Waals surface area contributed by atoms with Gasteiger partial charge in [0.2, 0.25) is 0 Å². The van der Waals surface area contributed by atoms with Gasteiger partial charge in [0.15, 0.2) is 6.23 Å². The fourth-order valence-electron chi connectivity index (χ4n) is 2.13. The summed E-state index contributed by atoms with van der Waals surface area (Å²) in [6.07, 6.45) is -8.48. The van der Waals surface area contributed by atoms with Crippen LogP contribution in [0.25, 0.3) is 0 Å². The van der Waals surface area contributed by atoms with E-state index in [1.54, 1.807) is 0 Å². The van der Waals surface area contributed by atoms with E-state index in [0.29, 0.717) is 0 Å². The quantitative estimate of drug-likeness (QED) is 0.320. The zero-order chi connectivity index (χ0) is 15.7. The molecule has 118 valence electrons. The molecule has 0 unspecified atom stereocenters. The van der Waals surface area contributed by atoms with Crippen LogP contribution in [0.4, 0.5) is 5.82 Å². The fraction of sp³-hybridized carbons (Fsp3) is 0.636. The summed E-state index contributed by atoms with van der Waals surface area (Å²) in [5.41, 5.74) is 4.50. The van der Waals surface area contributed by atoms with Crippen molar-refractivity contribution in [3.05, 3.63) is 22.7 Å². The van der Waals surface area contributed by atoms with Crippen LogP contribution in [0.1, 0.15) is 6.23 Å². The number of nitrogen functional groups attached to an aromatic ring is 1. The van der Waals surface area contributed by atoms with Crippen molar-refractivity contribution in [1.82, 2.24) is 9.55 Å². The van der Waals surface area contributed by atoms with Crippen LogP contribution in [-0.2, 0) is 4.74 Å². The molecule has 1 aromatic rings. The smallest absolute Gasteiger partial charge is 0.351 e. The molecular weight excluding hydrogens is 286 g/mol. The number of aromatic nitrogens is 2. The van der Waals surface area contributed by atoms with Gasteiger partial charge < -0.3 is 36.0 Å². The largest absolute Gasteiger partial charge is 0.394 e. The molecular formula is C11H17N3O7. The summed E-state index contributed by atoms with van der Waals surface area (Å²) in [4.78, 5) is 15.2. The summed E-state index contributed by atoms with van der Waals surface area (Å²) < 4.78 is 6.09. The molecule has 7 N–H and O–H groups in total. The third-order valence-corrected chi connectivity index (χ3v) is 3.34. The van der Waals surface area contributed by atoms with Gasteiger partial charge in [0.25, 0.3) is 0 Å². The molecule has 2 heterocycles. The van der Waals surface area contributed by atoms with Gasteiger partial charge in [-0.2, -0.15) is 4.98 Å². The Bertz CT molecular complexity index is 549. The van der Waals surface area contributed by atoms with E-state index in [4.69, 9.17) is 10.5 Å². The summed E-state index contributed by atoms with van der Waals surface area (Å²) in [7, 11) is 0. The molecule has 21 heavy (non-hydrogen) atoms. The summed E-state index contributed by atoms with van der Waals surface area (Å²) in [5, 5.41) is 48.5. The minimum atomic E-state index is -1.79. The molecule has 0 bridgehead atoms. The van der Waals surface area contributed by atoms with Gasteiger partial charge in [-0.05, 0) is 6.07 Å². The first-order chi connectivity index (χ1) is 9.86. The van der Waals surface area contributed by atoms with Crippen molar-refractivity contribution in [2.45, 2.75) is 36.7 Å². The van der Waals surface area contributed by atoms with Crippen LogP contribution in [-0.4, -0.2) is 72.2 Å². The number of rotatable bonds is 2. The number of anilines is 1. The highest BCUT2D eigenvalue weighted by Gasteiger charge is 2.45. The molecule has 0 aromatic carbocycles. The fourth-order valence-corrected chi connectivity index (χ4v) is 2.13. The molecule has 1 aliphatic rings. The third-order valence-electron chi connectivity index (χ3n) is 3.34. The molecule has 1 saturated heterocycles. The third kappa shape index (κ3) is 2.90. The SMILES string of the molecule is Nc1ccn([C@@H]2O[C@H](CO)[C@@H](O)[C@@H](O)[C@@H](O)[C@H]2O)c(=O)n1. The van der Waals surface area contributed by atoms with Crippen molar-refractivity contribution >= 4 is 5.82 Å². The number of nitrogens with two attached hydrogens (primary N) is 1. The lowest BCUT2D eigenvalue weighted by Gasteiger charge is -2.26. The van der Waals surface area contributed by atoms with Crippen LogP contribution in [0.3, 0.4) is 0 Å². The lowest BCUT2D eigenvalue weighted by Crippen LogP contribution is -2.47. The van der Waals surface area contributed by atoms with Gasteiger partial charge in [-0.1, -0.05) is 0 Å². The molecule has 0 saturated carbocycles. The summed E-state index contributed by atoms with van der Waals surface area (Å²) in [5.74, 6) is -0.0429. The lowest BCUT2D eigenvalue weighted by molar-refractivity contribution is -0.152. The van der Waals surface area contributed by atoms with Crippen LogP contribution in [0.15, 0.2) is 17.1 Å². The second-order valence-electron chi connectivity index (χ2n) is 4.75. The van der Waals surface area contributed by atoms with Crippen LogP contribution in [0.5, 0.6) is 0 Å². The van der Waals surface area contributed by atoms with Crippen LogP contribution < -0.4 is 11.4 Å². The highest BCUT2D eigenvalue weighted by atomic mass is 16.6. The number of ether oxygens (including phenoxy) is 1. The van der Waals surface area contributed by atoms with Gasteiger partial charge in [0.1, 0.15) is 36.3 Å². The molecule has 1 aliphatic heterocycles. The van der Waals surface area contributed by atoms with Crippen LogP contribution in [0.2, 0.25) is 0 Å². The van der Waals surface area contributed by atoms with Gasteiger partial charge in [-0.25, -0.2) is 4.79 Å². The first-order valence-corrected chi connectivity index (χ1v) is 6.20. The van der Waals surface area contributed by atoms with Crippen molar-refractivity contribution < 1.29 is 30.3 Å². The Morgan fingerprint density at radius 3 is 2.38 bits per heavy atom. The Kier molecular flexibility index (Phi) is 4.56. The Hall–Kier alpha value is -1.56. The summed E-state index contributed by atoms with van der Waals surface area (Å²) in [6, 6.07) is 1.27. The van der Waals surface area contributed by atoms with Crippen molar-refractivity contribution in [1.29, 1.82) is 0 Å². The number of nitrogens with zero attached hydrogens (tertiary/aromatic N) is 2. The predicted molar refractivity (Wildman–Crippen MR) is 67.9 cm³/mol. The van der Waals surface area contributed by atoms with Gasteiger partial charge in [0.05, 0.1) is 6.61 Å². The van der Waals surface area contributed by atoms with E-state index in [2.05, 4.69) is 4.98 Å². The second kappa shape index (κ2) is 6.05. The summed E-state index contributed by atoms with van der Waals surface area (Å²) in [6.45, 7) is -0.689. The standard InChI is InChI=1S/C11H17N3O7/c12-5-1-2-14(11(20)13-5)10-9(19)8(18)7(17)6(16)4(3-15)21-10/h1-2,4,6-10,15-19H,3H2,(H2,12,13,20)/t4-,6-,7-,8-,9-,10-/m1/s1. The van der Waals surface area contributed by atoms with Crippen molar-refractivity contribution in [2.24, 2.45) is 0 Å². The molecule has 0 spiro atoms. The molecule has 0 radical (unpaired) electrons. The maximum absolute atomic E-state index is 11.8. The molecule has 1 fully saturated rings. The minimum absolute atomic E-state index is 0.0429. The van der Waals surface area contributed by atoms with Crippen molar-refractivity contribution in [3.63, 3.8) is 0 Å². The number of aliphatic hydroxyl groups excluding tert-OH is 5. The van der Waals surface area contributed by atoms with E-state index in [-0.39, 0.29) is 5.82 Å². The maximum Gasteiger partial charge on any atom is 0.351 e. The molecule has 10 heteroatoms. The van der Waals surface area contributed by atoms with E-state index < -0.39 is 49.0 Å². The number of hydrogen-bond acceptors (Lipinski definition) is 9. The topological polar surface area (TPSA) is 171 Å². The first kappa shape index (κ1) is 15.8. The van der Waals surface area contributed by atoms with Crippen LogP contribution in [0, 0.1) is 0 Å². The lowest BCUT2D eigenvalue weighted by atomic mass is 10.0. The van der Waals surface area contributed by atoms with E-state index in [9.17, 15) is 30.3 Å². The Balaban J connectivity index is 2.43. The monoisotopic (exact) mass is 303 g/mol. The Labute approximate surface area is 118 Å². The van der Waals surface area contributed by atoms with E-state index in [1.807, 2.05) is 0 Å². The van der Waals surface area contributed by atoms with Gasteiger partial charge in [0, 0.05) is 6.20 Å². The van der Waals surface area contributed by atoms with Gasteiger partial charge in [-0.3, -0.25) is 4.57 Å². The minimum Gasteiger partial charge on any atom is -0.394 e. The van der Waals surface area contributed by atoms with Crippen LogP contribution >= 0.6 is 0 Å². The average Bonchev–Trinajstić information content (AvgIpc) is 2.53. The number of aliphatic hydroxyl groups is 5. The molecule has 0 aliphatic carbocycles. The Morgan fingerprint density at radius 1 is 1.19 bits per heavy atom. The average molecular weight is 303 g/mol. The van der Waals surface area contributed by atoms with Crippen molar-refractivity contribution in [2.75, 3.05) is 12.3 Å². The highest BCUT2D eigenvalue weighted by molar-refractivity contribution is 5.23. The van der Waals surface area contributed by atoms with Crippen molar-refractivity contribution in [3.8, 4) is 0 Å². The zero-order valence-electron chi connectivity index (χ0n) is 10.9. The molecule has 10 nitrogen and oxygen atoms in total.